The Hall–Kier alpha value is -1.32. The van der Waals surface area contributed by atoms with Crippen molar-refractivity contribution in [2.75, 3.05) is 0 Å². The van der Waals surface area contributed by atoms with Gasteiger partial charge in [0.05, 0.1) is 11.6 Å². The zero-order valence-corrected chi connectivity index (χ0v) is 11.2. The first-order valence-electron chi connectivity index (χ1n) is 6.84. The summed E-state index contributed by atoms with van der Waals surface area (Å²) in [6.07, 6.45) is 6.83. The van der Waals surface area contributed by atoms with E-state index in [2.05, 4.69) is 18.9 Å². The Morgan fingerprint density at radius 1 is 1.50 bits per heavy atom. The maximum atomic E-state index is 11.2. The quantitative estimate of drug-likeness (QED) is 0.894. The third-order valence-corrected chi connectivity index (χ3v) is 3.89. The minimum absolute atomic E-state index is 0.178. The molecule has 100 valence electrons. The van der Waals surface area contributed by atoms with E-state index in [4.69, 9.17) is 0 Å². The molecule has 1 aromatic rings. The smallest absolute Gasteiger partial charge is 0.306 e. The van der Waals surface area contributed by atoms with E-state index in [1.54, 1.807) is 0 Å². The molecule has 1 fully saturated rings. The van der Waals surface area contributed by atoms with Gasteiger partial charge in [-0.3, -0.25) is 9.48 Å². The van der Waals surface area contributed by atoms with Crippen LogP contribution in [0.5, 0.6) is 0 Å². The molecule has 4 heteroatoms. The van der Waals surface area contributed by atoms with Gasteiger partial charge in [-0.2, -0.15) is 5.10 Å². The second kappa shape index (κ2) is 5.55. The summed E-state index contributed by atoms with van der Waals surface area (Å²) < 4.78 is 1.94. The minimum Gasteiger partial charge on any atom is -0.481 e. The van der Waals surface area contributed by atoms with Gasteiger partial charge in [0.25, 0.3) is 0 Å². The van der Waals surface area contributed by atoms with Crippen LogP contribution in [0.3, 0.4) is 0 Å². The zero-order valence-electron chi connectivity index (χ0n) is 11.2. The Labute approximate surface area is 108 Å². The summed E-state index contributed by atoms with van der Waals surface area (Å²) in [5.41, 5.74) is 1.03. The molecule has 0 aliphatic heterocycles. The predicted molar refractivity (Wildman–Crippen MR) is 69.4 cm³/mol. The number of nitrogens with zero attached hydrogens (tertiary/aromatic N) is 2. The van der Waals surface area contributed by atoms with Gasteiger partial charge in [-0.05, 0) is 45.1 Å². The molecule has 1 aliphatic rings. The molecule has 1 heterocycles. The molecular weight excluding hydrogens is 228 g/mol. The van der Waals surface area contributed by atoms with Gasteiger partial charge in [-0.1, -0.05) is 12.8 Å². The summed E-state index contributed by atoms with van der Waals surface area (Å²) in [6, 6.07) is 2.38. The number of carboxylic acids is 1. The van der Waals surface area contributed by atoms with Crippen molar-refractivity contribution in [1.29, 1.82) is 0 Å². The highest BCUT2D eigenvalue weighted by Gasteiger charge is 2.31. The number of aliphatic carboxylic acids is 1. The van der Waals surface area contributed by atoms with Crippen molar-refractivity contribution in [2.45, 2.75) is 52.0 Å². The van der Waals surface area contributed by atoms with Crippen LogP contribution in [0.1, 0.15) is 51.3 Å². The lowest BCUT2D eigenvalue weighted by Crippen LogP contribution is -2.28. The molecule has 1 saturated carbocycles. The van der Waals surface area contributed by atoms with E-state index in [1.807, 2.05) is 16.9 Å². The molecule has 0 aromatic carbocycles. The van der Waals surface area contributed by atoms with Crippen molar-refractivity contribution in [2.24, 2.45) is 11.8 Å². The number of carboxylic acid groups (broad SMARTS) is 1. The largest absolute Gasteiger partial charge is 0.481 e. The first-order valence-corrected chi connectivity index (χ1v) is 6.84. The Kier molecular flexibility index (Phi) is 4.04. The summed E-state index contributed by atoms with van der Waals surface area (Å²) >= 11 is 0. The van der Waals surface area contributed by atoms with Crippen molar-refractivity contribution < 1.29 is 9.90 Å². The van der Waals surface area contributed by atoms with Gasteiger partial charge in [-0.15, -0.1) is 0 Å². The van der Waals surface area contributed by atoms with Crippen LogP contribution in [0.25, 0.3) is 0 Å². The standard InChI is InChI=1S/C14H22N2O2/c1-10(2)16-8-7-12(15-16)9-11-5-3-4-6-13(11)14(17)18/h7-8,10-11,13H,3-6,9H2,1-2H3,(H,17,18). The molecule has 4 nitrogen and oxygen atoms in total. The number of carbonyl (C=O) groups is 1. The first-order chi connectivity index (χ1) is 8.58. The van der Waals surface area contributed by atoms with Gasteiger partial charge in [-0.25, -0.2) is 0 Å². The third-order valence-electron chi connectivity index (χ3n) is 3.89. The molecule has 2 unspecified atom stereocenters. The highest BCUT2D eigenvalue weighted by Crippen LogP contribution is 2.32. The van der Waals surface area contributed by atoms with Crippen LogP contribution in [0.4, 0.5) is 0 Å². The lowest BCUT2D eigenvalue weighted by molar-refractivity contribution is -0.144. The topological polar surface area (TPSA) is 55.1 Å². The van der Waals surface area contributed by atoms with Crippen LogP contribution in [0.15, 0.2) is 12.3 Å². The van der Waals surface area contributed by atoms with Crippen LogP contribution < -0.4 is 0 Å². The number of aromatic nitrogens is 2. The highest BCUT2D eigenvalue weighted by molar-refractivity contribution is 5.70. The van der Waals surface area contributed by atoms with Crippen LogP contribution >= 0.6 is 0 Å². The predicted octanol–water partition coefficient (Wildman–Crippen LogP) is 2.90. The second-order valence-electron chi connectivity index (χ2n) is 5.57. The Bertz CT molecular complexity index is 412. The number of hydrogen-bond donors (Lipinski definition) is 1. The number of hydrogen-bond acceptors (Lipinski definition) is 2. The molecule has 0 bridgehead atoms. The Morgan fingerprint density at radius 2 is 2.22 bits per heavy atom. The summed E-state index contributed by atoms with van der Waals surface area (Å²) in [5, 5.41) is 13.8. The fraction of sp³-hybridized carbons (Fsp3) is 0.714. The van der Waals surface area contributed by atoms with Crippen LogP contribution in [-0.2, 0) is 11.2 Å². The molecule has 2 rings (SSSR count). The van der Waals surface area contributed by atoms with Gasteiger partial charge in [0.15, 0.2) is 0 Å². The van der Waals surface area contributed by atoms with E-state index in [1.165, 1.54) is 0 Å². The minimum atomic E-state index is -0.636. The number of rotatable bonds is 4. The van der Waals surface area contributed by atoms with Crippen molar-refractivity contribution in [1.82, 2.24) is 9.78 Å². The van der Waals surface area contributed by atoms with E-state index >= 15 is 0 Å². The summed E-state index contributed by atoms with van der Waals surface area (Å²) in [4.78, 5) is 11.2. The van der Waals surface area contributed by atoms with E-state index in [9.17, 15) is 9.90 Å². The van der Waals surface area contributed by atoms with E-state index in [0.717, 1.165) is 37.8 Å². The van der Waals surface area contributed by atoms with Gasteiger partial charge in [0.2, 0.25) is 0 Å². The lowest BCUT2D eigenvalue weighted by Gasteiger charge is -2.27. The maximum absolute atomic E-state index is 11.2. The molecule has 0 saturated heterocycles. The van der Waals surface area contributed by atoms with Crippen molar-refractivity contribution >= 4 is 5.97 Å². The van der Waals surface area contributed by atoms with E-state index < -0.39 is 5.97 Å². The Morgan fingerprint density at radius 3 is 2.83 bits per heavy atom. The average molecular weight is 250 g/mol. The summed E-state index contributed by atoms with van der Waals surface area (Å²) in [5.74, 6) is -0.558. The lowest BCUT2D eigenvalue weighted by atomic mass is 9.77. The summed E-state index contributed by atoms with van der Waals surface area (Å²) in [6.45, 7) is 4.19. The van der Waals surface area contributed by atoms with Gasteiger partial charge < -0.3 is 5.11 Å². The fourth-order valence-corrected chi connectivity index (χ4v) is 2.82. The molecule has 2 atom stereocenters. The first kappa shape index (κ1) is 13.1. The van der Waals surface area contributed by atoms with Crippen molar-refractivity contribution in [3.8, 4) is 0 Å². The van der Waals surface area contributed by atoms with Gasteiger partial charge in [0.1, 0.15) is 0 Å². The molecule has 1 aliphatic carbocycles. The van der Waals surface area contributed by atoms with Gasteiger partial charge >= 0.3 is 5.97 Å². The van der Waals surface area contributed by atoms with Crippen LogP contribution in [0.2, 0.25) is 0 Å². The second-order valence-corrected chi connectivity index (χ2v) is 5.57. The molecule has 0 amide bonds. The molecular formula is C14H22N2O2. The van der Waals surface area contributed by atoms with Gasteiger partial charge in [0, 0.05) is 12.2 Å². The van der Waals surface area contributed by atoms with Crippen molar-refractivity contribution in [3.63, 3.8) is 0 Å². The Balaban J connectivity index is 2.03. The third kappa shape index (κ3) is 2.92. The monoisotopic (exact) mass is 250 g/mol. The summed E-state index contributed by atoms with van der Waals surface area (Å²) in [7, 11) is 0. The zero-order chi connectivity index (χ0) is 13.1. The van der Waals surface area contributed by atoms with Crippen LogP contribution in [-0.4, -0.2) is 20.9 Å². The molecule has 0 spiro atoms. The SMILES string of the molecule is CC(C)n1ccc(CC2CCCCC2C(=O)O)n1. The fourth-order valence-electron chi connectivity index (χ4n) is 2.82. The molecule has 0 radical (unpaired) electrons. The van der Waals surface area contributed by atoms with E-state index in [0.29, 0.717) is 6.04 Å². The molecule has 1 N–H and O–H groups in total. The normalized spacial score (nSPS) is 24.4. The maximum Gasteiger partial charge on any atom is 0.306 e. The van der Waals surface area contributed by atoms with E-state index in [-0.39, 0.29) is 11.8 Å². The van der Waals surface area contributed by atoms with Crippen molar-refractivity contribution in [3.05, 3.63) is 18.0 Å². The average Bonchev–Trinajstić information content (AvgIpc) is 2.78. The molecule has 18 heavy (non-hydrogen) atoms. The van der Waals surface area contributed by atoms with Crippen LogP contribution in [0, 0.1) is 11.8 Å². The highest BCUT2D eigenvalue weighted by atomic mass is 16.4. The molecule has 1 aromatic heterocycles.